The van der Waals surface area contributed by atoms with Gasteiger partial charge in [-0.2, -0.15) is 0 Å². The molecule has 1 aromatic rings. The van der Waals surface area contributed by atoms with E-state index in [2.05, 4.69) is 44.0 Å². The lowest BCUT2D eigenvalue weighted by atomic mass is 9.99. The number of hydrogen-bond donors (Lipinski definition) is 0. The molecular formula is C17H23. The second-order valence-corrected chi connectivity index (χ2v) is 4.99. The first-order valence-corrected chi connectivity index (χ1v) is 6.72. The fraction of sp³-hybridized carbons (Fsp3) is 0.529. The largest absolute Gasteiger partial charge is 0.0891 e. The molecule has 0 saturated carbocycles. The van der Waals surface area contributed by atoms with E-state index in [0.29, 0.717) is 5.92 Å². The number of rotatable bonds is 7. The van der Waals surface area contributed by atoms with Gasteiger partial charge in [0.2, 0.25) is 0 Å². The Hall–Kier alpha value is -1.22. The van der Waals surface area contributed by atoms with E-state index in [0.717, 1.165) is 12.8 Å². The van der Waals surface area contributed by atoms with Gasteiger partial charge < -0.3 is 0 Å². The summed E-state index contributed by atoms with van der Waals surface area (Å²) >= 11 is 0. The van der Waals surface area contributed by atoms with Gasteiger partial charge in [0.15, 0.2) is 0 Å². The summed E-state index contributed by atoms with van der Waals surface area (Å²) in [4.78, 5) is 0. The summed E-state index contributed by atoms with van der Waals surface area (Å²) in [6.07, 6.45) is 13.7. The maximum atomic E-state index is 6.82. The van der Waals surface area contributed by atoms with Crippen LogP contribution in [0.25, 0.3) is 0 Å². The molecule has 0 aliphatic heterocycles. The Bertz CT molecular complexity index is 337. The Balaban J connectivity index is 2.21. The lowest BCUT2D eigenvalue weighted by Crippen LogP contribution is -1.90. The molecule has 1 radical (unpaired) electrons. The first-order chi connectivity index (χ1) is 8.24. The van der Waals surface area contributed by atoms with Crippen molar-refractivity contribution in [2.75, 3.05) is 0 Å². The summed E-state index contributed by atoms with van der Waals surface area (Å²) in [6.45, 7) is 4.46. The normalized spacial score (nSPS) is 10.5. The van der Waals surface area contributed by atoms with Crippen LogP contribution < -0.4 is 0 Å². The van der Waals surface area contributed by atoms with E-state index in [4.69, 9.17) is 6.42 Å². The third-order valence-corrected chi connectivity index (χ3v) is 3.16. The van der Waals surface area contributed by atoms with E-state index in [1.165, 1.54) is 36.8 Å². The van der Waals surface area contributed by atoms with Gasteiger partial charge in [-0.05, 0) is 42.7 Å². The third-order valence-electron chi connectivity index (χ3n) is 3.16. The Morgan fingerprint density at radius 3 is 2.24 bits per heavy atom. The summed E-state index contributed by atoms with van der Waals surface area (Å²) in [7, 11) is 0. The lowest BCUT2D eigenvalue weighted by Gasteiger charge is -2.06. The van der Waals surface area contributed by atoms with Crippen LogP contribution in [0.5, 0.6) is 0 Å². The van der Waals surface area contributed by atoms with Gasteiger partial charge in [-0.25, -0.2) is 0 Å². The molecule has 1 aromatic carbocycles. The molecule has 91 valence electrons. The lowest BCUT2D eigenvalue weighted by molar-refractivity contribution is 0.650. The molecule has 0 saturated heterocycles. The first kappa shape index (κ1) is 13.8. The molecule has 0 unspecified atom stereocenters. The van der Waals surface area contributed by atoms with Crippen LogP contribution in [0, 0.1) is 12.3 Å². The van der Waals surface area contributed by atoms with Crippen molar-refractivity contribution in [3.63, 3.8) is 0 Å². The molecule has 0 bridgehead atoms. The minimum absolute atomic E-state index is 0.626. The third kappa shape index (κ3) is 5.59. The molecule has 0 spiro atoms. The minimum Gasteiger partial charge on any atom is -0.0891 e. The van der Waals surface area contributed by atoms with Crippen molar-refractivity contribution in [2.24, 2.45) is 0 Å². The molecule has 0 aliphatic rings. The Morgan fingerprint density at radius 1 is 1.00 bits per heavy atom. The zero-order valence-electron chi connectivity index (χ0n) is 11.1. The Morgan fingerprint density at radius 2 is 1.65 bits per heavy atom. The molecule has 0 atom stereocenters. The number of benzene rings is 1. The molecule has 1 rings (SSSR count). The van der Waals surface area contributed by atoms with Crippen molar-refractivity contribution in [1.29, 1.82) is 0 Å². The van der Waals surface area contributed by atoms with E-state index >= 15 is 0 Å². The Kier molecular flexibility index (Phi) is 6.48. The van der Waals surface area contributed by atoms with Crippen LogP contribution in [-0.2, 0) is 6.42 Å². The van der Waals surface area contributed by atoms with Crippen LogP contribution in [0.3, 0.4) is 0 Å². The van der Waals surface area contributed by atoms with Crippen LogP contribution in [-0.4, -0.2) is 0 Å². The zero-order chi connectivity index (χ0) is 12.5. The van der Waals surface area contributed by atoms with Crippen LogP contribution >= 0.6 is 0 Å². The van der Waals surface area contributed by atoms with Crippen LogP contribution in [0.15, 0.2) is 24.3 Å². The molecule has 0 amide bonds. The summed E-state index contributed by atoms with van der Waals surface area (Å²) in [5, 5.41) is 0. The predicted octanol–water partition coefficient (Wildman–Crippen LogP) is 4.89. The van der Waals surface area contributed by atoms with Gasteiger partial charge in [0.25, 0.3) is 0 Å². The van der Waals surface area contributed by atoms with Gasteiger partial charge in [0, 0.05) is 6.42 Å². The highest BCUT2D eigenvalue weighted by Gasteiger charge is 1.98. The average molecular weight is 227 g/mol. The van der Waals surface area contributed by atoms with Gasteiger partial charge in [-0.15, -0.1) is 0 Å². The Labute approximate surface area is 106 Å². The highest BCUT2D eigenvalue weighted by molar-refractivity contribution is 5.24. The topological polar surface area (TPSA) is 0 Å². The van der Waals surface area contributed by atoms with Crippen molar-refractivity contribution in [3.05, 3.63) is 41.8 Å². The van der Waals surface area contributed by atoms with E-state index in [-0.39, 0.29) is 0 Å². The minimum atomic E-state index is 0.626. The fourth-order valence-corrected chi connectivity index (χ4v) is 1.97. The molecule has 0 N–H and O–H groups in total. The molecule has 0 aromatic heterocycles. The van der Waals surface area contributed by atoms with Crippen LogP contribution in [0.1, 0.15) is 63.0 Å². The molecule has 0 heteroatoms. The number of aryl methyl sites for hydroxylation is 1. The van der Waals surface area contributed by atoms with Crippen molar-refractivity contribution in [2.45, 2.75) is 58.3 Å². The molecule has 17 heavy (non-hydrogen) atoms. The van der Waals surface area contributed by atoms with E-state index in [9.17, 15) is 0 Å². The second kappa shape index (κ2) is 7.96. The highest BCUT2D eigenvalue weighted by Crippen LogP contribution is 2.16. The zero-order valence-corrected chi connectivity index (χ0v) is 11.1. The van der Waals surface area contributed by atoms with Gasteiger partial charge in [-0.1, -0.05) is 56.9 Å². The van der Waals surface area contributed by atoms with Crippen LogP contribution in [0.2, 0.25) is 0 Å². The second-order valence-electron chi connectivity index (χ2n) is 4.99. The van der Waals surface area contributed by atoms with Gasteiger partial charge in [0.1, 0.15) is 0 Å². The number of unbranched alkanes of at least 4 members (excludes halogenated alkanes) is 4. The molecule has 0 heterocycles. The van der Waals surface area contributed by atoms with Crippen molar-refractivity contribution in [1.82, 2.24) is 0 Å². The highest BCUT2D eigenvalue weighted by atomic mass is 14.0. The van der Waals surface area contributed by atoms with E-state index < -0.39 is 0 Å². The van der Waals surface area contributed by atoms with Crippen LogP contribution in [0.4, 0.5) is 0 Å². The van der Waals surface area contributed by atoms with Gasteiger partial charge in [0.05, 0.1) is 0 Å². The SMILES string of the molecule is [C]#CCCCCCCc1ccc(C(C)C)cc1. The van der Waals surface area contributed by atoms with Crippen molar-refractivity contribution >= 4 is 0 Å². The quantitative estimate of drug-likeness (QED) is 0.459. The van der Waals surface area contributed by atoms with E-state index in [1.807, 2.05) is 0 Å². The number of hydrogen-bond acceptors (Lipinski definition) is 0. The van der Waals surface area contributed by atoms with Crippen molar-refractivity contribution in [3.8, 4) is 5.92 Å². The predicted molar refractivity (Wildman–Crippen MR) is 74.5 cm³/mol. The summed E-state index contributed by atoms with van der Waals surface area (Å²) < 4.78 is 0. The first-order valence-electron chi connectivity index (χ1n) is 6.72. The van der Waals surface area contributed by atoms with E-state index in [1.54, 1.807) is 0 Å². The van der Waals surface area contributed by atoms with Gasteiger partial charge in [-0.3, -0.25) is 0 Å². The summed E-state index contributed by atoms with van der Waals surface area (Å²) in [6, 6.07) is 9.04. The standard InChI is InChI=1S/C17H23/c1-4-5-6-7-8-9-10-16-11-13-17(14-12-16)15(2)3/h11-15H,5-10H2,2-3H3. The van der Waals surface area contributed by atoms with Gasteiger partial charge >= 0.3 is 0 Å². The monoisotopic (exact) mass is 227 g/mol. The fourth-order valence-electron chi connectivity index (χ4n) is 1.97. The summed E-state index contributed by atoms with van der Waals surface area (Å²) in [5.74, 6) is 3.07. The molecule has 0 nitrogen and oxygen atoms in total. The summed E-state index contributed by atoms with van der Waals surface area (Å²) in [5.41, 5.74) is 2.88. The molecular weight excluding hydrogens is 204 g/mol. The average Bonchev–Trinajstić information content (AvgIpc) is 2.34. The smallest absolute Gasteiger partial charge is 0.00989 e. The molecule has 0 fully saturated rings. The van der Waals surface area contributed by atoms with Crippen molar-refractivity contribution < 1.29 is 0 Å². The molecule has 0 aliphatic carbocycles. The maximum absolute atomic E-state index is 6.82. The maximum Gasteiger partial charge on any atom is 0.00989 e.